The van der Waals surface area contributed by atoms with E-state index < -0.39 is 0 Å². The Bertz CT molecular complexity index is 396. The van der Waals surface area contributed by atoms with Gasteiger partial charge in [-0.15, -0.1) is 0 Å². The van der Waals surface area contributed by atoms with Gasteiger partial charge in [-0.2, -0.15) is 0 Å². The second-order valence-electron chi connectivity index (χ2n) is 7.04. The molecule has 72 valence electrons. The molecule has 14 heavy (non-hydrogen) atoms. The summed E-state index contributed by atoms with van der Waals surface area (Å²) in [5, 5.41) is 0. The van der Waals surface area contributed by atoms with Crippen molar-refractivity contribution >= 4 is 0 Å². The Labute approximate surface area is 84.8 Å². The molecule has 0 amide bonds. The molecule has 0 aromatic carbocycles. The molecule has 6 aliphatic carbocycles. The summed E-state index contributed by atoms with van der Waals surface area (Å²) >= 11 is 0. The van der Waals surface area contributed by atoms with Gasteiger partial charge in [0, 0.05) is 0 Å². The summed E-state index contributed by atoms with van der Waals surface area (Å²) in [6, 6.07) is 0. The van der Waals surface area contributed by atoms with Crippen LogP contribution >= 0.6 is 0 Å². The van der Waals surface area contributed by atoms with E-state index in [-0.39, 0.29) is 0 Å². The maximum Gasteiger partial charge on any atom is -0.00395 e. The SMILES string of the molecule is C1=C2C(C3C4CCC43)CC23CC2C1C23. The minimum atomic E-state index is 0.863. The molecule has 6 rings (SSSR count). The quantitative estimate of drug-likeness (QED) is 0.550. The lowest BCUT2D eigenvalue weighted by molar-refractivity contribution is 0.0362. The average molecular weight is 184 g/mol. The summed E-state index contributed by atoms with van der Waals surface area (Å²) in [6.07, 6.45) is 9.16. The van der Waals surface area contributed by atoms with Gasteiger partial charge in [-0.25, -0.2) is 0 Å². The number of hydrogen-bond donors (Lipinski definition) is 0. The molecule has 0 N–H and O–H groups in total. The van der Waals surface area contributed by atoms with E-state index in [1.165, 1.54) is 29.6 Å². The largest absolute Gasteiger partial charge is 0.0807 e. The van der Waals surface area contributed by atoms with Gasteiger partial charge in [-0.05, 0) is 72.5 Å². The fourth-order valence-corrected chi connectivity index (χ4v) is 6.30. The molecule has 6 aliphatic rings. The molecule has 0 radical (unpaired) electrons. The molecule has 0 bridgehead atoms. The topological polar surface area (TPSA) is 0 Å². The van der Waals surface area contributed by atoms with Crippen LogP contribution in [0, 0.1) is 46.8 Å². The van der Waals surface area contributed by atoms with Crippen LogP contribution in [0.5, 0.6) is 0 Å². The van der Waals surface area contributed by atoms with Gasteiger partial charge in [-0.3, -0.25) is 0 Å². The highest BCUT2D eigenvalue weighted by molar-refractivity contribution is 5.49. The molecule has 7 atom stereocenters. The molecule has 0 aromatic heterocycles. The Balaban J connectivity index is 1.42. The van der Waals surface area contributed by atoms with Crippen LogP contribution in [0.2, 0.25) is 0 Å². The van der Waals surface area contributed by atoms with Crippen LogP contribution in [0.1, 0.15) is 25.7 Å². The third-order valence-electron chi connectivity index (χ3n) is 7.09. The van der Waals surface area contributed by atoms with E-state index in [4.69, 9.17) is 0 Å². The van der Waals surface area contributed by atoms with E-state index in [1.807, 2.05) is 5.57 Å². The smallest absolute Gasteiger partial charge is 0.00395 e. The Hall–Kier alpha value is -0.260. The van der Waals surface area contributed by atoms with E-state index in [9.17, 15) is 0 Å². The standard InChI is InChI=1S/C14H16/c1-2-7-6(1)12(7)10-5-14-4-9-8(13(9)14)3-11(10)14/h3,6-10,12-13H,1-2,4-5H2. The van der Waals surface area contributed by atoms with Gasteiger partial charge in [0.1, 0.15) is 0 Å². The minimum Gasteiger partial charge on any atom is -0.0807 e. The molecule has 1 spiro atoms. The van der Waals surface area contributed by atoms with Crippen molar-refractivity contribution in [3.63, 3.8) is 0 Å². The van der Waals surface area contributed by atoms with Crippen LogP contribution < -0.4 is 0 Å². The van der Waals surface area contributed by atoms with Crippen LogP contribution in [0.25, 0.3) is 0 Å². The van der Waals surface area contributed by atoms with Crippen molar-refractivity contribution in [2.75, 3.05) is 0 Å². The second kappa shape index (κ2) is 1.45. The summed E-state index contributed by atoms with van der Waals surface area (Å²) in [4.78, 5) is 0. The number of allylic oxidation sites excluding steroid dienone is 2. The van der Waals surface area contributed by atoms with Crippen LogP contribution in [-0.4, -0.2) is 0 Å². The zero-order chi connectivity index (χ0) is 8.65. The first-order valence-electron chi connectivity index (χ1n) is 6.62. The molecule has 0 saturated heterocycles. The Kier molecular flexibility index (Phi) is 0.660. The molecule has 0 nitrogen and oxygen atoms in total. The van der Waals surface area contributed by atoms with Gasteiger partial charge in [-0.1, -0.05) is 11.6 Å². The summed E-state index contributed by atoms with van der Waals surface area (Å²) in [5.41, 5.74) is 2.86. The van der Waals surface area contributed by atoms with Gasteiger partial charge in [0.2, 0.25) is 0 Å². The van der Waals surface area contributed by atoms with Crippen LogP contribution in [0.15, 0.2) is 11.6 Å². The van der Waals surface area contributed by atoms with E-state index in [1.54, 1.807) is 25.7 Å². The third kappa shape index (κ3) is 0.392. The van der Waals surface area contributed by atoms with Gasteiger partial charge < -0.3 is 0 Å². The summed E-state index contributed by atoms with van der Waals surface area (Å²) in [7, 11) is 0. The van der Waals surface area contributed by atoms with E-state index in [2.05, 4.69) is 6.08 Å². The molecule has 0 aromatic rings. The fraction of sp³-hybridized carbons (Fsp3) is 0.857. The predicted molar refractivity (Wildman–Crippen MR) is 53.4 cm³/mol. The number of hydrogen-bond acceptors (Lipinski definition) is 0. The molecular weight excluding hydrogens is 168 g/mol. The molecule has 0 aliphatic heterocycles. The molecule has 0 heteroatoms. The maximum absolute atomic E-state index is 2.74. The van der Waals surface area contributed by atoms with E-state index >= 15 is 0 Å². The summed E-state index contributed by atoms with van der Waals surface area (Å²) in [5.74, 6) is 8.23. The van der Waals surface area contributed by atoms with Crippen molar-refractivity contribution in [2.45, 2.75) is 25.7 Å². The van der Waals surface area contributed by atoms with E-state index in [0.29, 0.717) is 0 Å². The first kappa shape index (κ1) is 6.35. The maximum atomic E-state index is 2.74. The molecule has 5 fully saturated rings. The molecule has 5 saturated carbocycles. The summed E-state index contributed by atoms with van der Waals surface area (Å²) < 4.78 is 0. The first-order valence-corrected chi connectivity index (χ1v) is 6.62. The van der Waals surface area contributed by atoms with Crippen molar-refractivity contribution < 1.29 is 0 Å². The van der Waals surface area contributed by atoms with Crippen LogP contribution in [-0.2, 0) is 0 Å². The van der Waals surface area contributed by atoms with Crippen LogP contribution in [0.3, 0.4) is 0 Å². The van der Waals surface area contributed by atoms with Crippen molar-refractivity contribution in [1.29, 1.82) is 0 Å². The van der Waals surface area contributed by atoms with Gasteiger partial charge in [0.15, 0.2) is 0 Å². The Morgan fingerprint density at radius 2 is 1.93 bits per heavy atom. The normalized spacial score (nSPS) is 78.3. The zero-order valence-electron chi connectivity index (χ0n) is 8.45. The van der Waals surface area contributed by atoms with Crippen molar-refractivity contribution in [1.82, 2.24) is 0 Å². The van der Waals surface area contributed by atoms with Crippen molar-refractivity contribution in [3.8, 4) is 0 Å². The van der Waals surface area contributed by atoms with Gasteiger partial charge in [0.25, 0.3) is 0 Å². The predicted octanol–water partition coefficient (Wildman–Crippen LogP) is 2.85. The van der Waals surface area contributed by atoms with Crippen molar-refractivity contribution in [2.24, 2.45) is 46.8 Å². The minimum absolute atomic E-state index is 0.863. The van der Waals surface area contributed by atoms with Gasteiger partial charge in [0.05, 0.1) is 0 Å². The Morgan fingerprint density at radius 3 is 2.57 bits per heavy atom. The molecule has 7 unspecified atom stereocenters. The average Bonchev–Trinajstić information content (AvgIpc) is 2.76. The second-order valence-corrected chi connectivity index (χ2v) is 7.04. The summed E-state index contributed by atoms with van der Waals surface area (Å²) in [6.45, 7) is 0. The fourth-order valence-electron chi connectivity index (χ4n) is 6.30. The highest BCUT2D eigenvalue weighted by Crippen LogP contribution is 2.88. The Morgan fingerprint density at radius 1 is 1.07 bits per heavy atom. The van der Waals surface area contributed by atoms with Crippen LogP contribution in [0.4, 0.5) is 0 Å². The van der Waals surface area contributed by atoms with Crippen molar-refractivity contribution in [3.05, 3.63) is 11.6 Å². The lowest BCUT2D eigenvalue weighted by Crippen LogP contribution is -2.48. The van der Waals surface area contributed by atoms with E-state index in [0.717, 1.165) is 17.3 Å². The monoisotopic (exact) mass is 184 g/mol. The number of fused-ring (bicyclic) bond motifs is 2. The highest BCUT2D eigenvalue weighted by Gasteiger charge is 2.81. The zero-order valence-corrected chi connectivity index (χ0v) is 8.45. The third-order valence-corrected chi connectivity index (χ3v) is 7.09. The lowest BCUT2D eigenvalue weighted by Gasteiger charge is -2.56. The number of rotatable bonds is 1. The van der Waals surface area contributed by atoms with Gasteiger partial charge >= 0.3 is 0 Å². The lowest BCUT2D eigenvalue weighted by atomic mass is 9.48. The highest BCUT2D eigenvalue weighted by atomic mass is 14.8. The first-order chi connectivity index (χ1) is 6.90. The molecule has 0 heterocycles. The molecular formula is C14H16.